The zero-order valence-corrected chi connectivity index (χ0v) is 18.8. The van der Waals surface area contributed by atoms with E-state index >= 15 is 0 Å². The van der Waals surface area contributed by atoms with Crippen LogP contribution in [0.4, 0.5) is 29.2 Å². The predicted molar refractivity (Wildman–Crippen MR) is 127 cm³/mol. The monoisotopic (exact) mass is 468 g/mol. The zero-order chi connectivity index (χ0) is 23.3. The first-order chi connectivity index (χ1) is 15.9. The third-order valence-electron chi connectivity index (χ3n) is 4.84. The van der Waals surface area contributed by atoms with Crippen molar-refractivity contribution in [2.24, 2.45) is 0 Å². The molecule has 1 aromatic heterocycles. The number of anilines is 5. The molecule has 4 rings (SSSR count). The number of para-hydroxylation sites is 1. The van der Waals surface area contributed by atoms with Crippen LogP contribution in [0.25, 0.3) is 6.08 Å². The summed E-state index contributed by atoms with van der Waals surface area (Å²) in [5.74, 6) is 1.03. The molecular weight excluding hydrogens is 444 g/mol. The Morgan fingerprint density at radius 2 is 1.64 bits per heavy atom. The van der Waals surface area contributed by atoms with Crippen LogP contribution in [0.15, 0.2) is 59.5 Å². The lowest BCUT2D eigenvalue weighted by molar-refractivity contribution is 0.122. The molecular formula is C22H24N6O4S. The number of morpholine rings is 1. The zero-order valence-electron chi connectivity index (χ0n) is 18.0. The molecule has 0 aliphatic carbocycles. The molecule has 33 heavy (non-hydrogen) atoms. The summed E-state index contributed by atoms with van der Waals surface area (Å²) >= 11 is 0. The number of rotatable bonds is 7. The van der Waals surface area contributed by atoms with E-state index < -0.39 is 10.1 Å². The second kappa shape index (κ2) is 9.94. The number of hydrogen-bond donors (Lipinski definition) is 3. The van der Waals surface area contributed by atoms with E-state index in [-0.39, 0.29) is 10.8 Å². The molecule has 0 unspecified atom stereocenters. The van der Waals surface area contributed by atoms with Gasteiger partial charge in [0, 0.05) is 24.5 Å². The number of benzene rings is 2. The Kier molecular flexibility index (Phi) is 6.82. The van der Waals surface area contributed by atoms with Crippen LogP contribution in [-0.4, -0.2) is 54.2 Å². The van der Waals surface area contributed by atoms with Crippen LogP contribution < -0.4 is 15.5 Å². The van der Waals surface area contributed by atoms with Gasteiger partial charge in [-0.1, -0.05) is 36.4 Å². The fourth-order valence-corrected chi connectivity index (χ4v) is 4.02. The molecule has 3 aromatic rings. The minimum absolute atomic E-state index is 0.212. The van der Waals surface area contributed by atoms with Gasteiger partial charge in [-0.25, -0.2) is 0 Å². The average molecular weight is 469 g/mol. The average Bonchev–Trinajstić information content (AvgIpc) is 2.81. The summed E-state index contributed by atoms with van der Waals surface area (Å²) in [5, 5.41) is 6.20. The van der Waals surface area contributed by atoms with Gasteiger partial charge in [-0.2, -0.15) is 23.4 Å². The van der Waals surface area contributed by atoms with Gasteiger partial charge in [0.05, 0.1) is 13.2 Å². The number of hydrogen-bond acceptors (Lipinski definition) is 9. The molecule has 1 saturated heterocycles. The van der Waals surface area contributed by atoms with Crippen molar-refractivity contribution in [3.05, 3.63) is 60.2 Å². The lowest BCUT2D eigenvalue weighted by atomic mass is 10.2. The molecule has 0 spiro atoms. The molecule has 0 amide bonds. The largest absolute Gasteiger partial charge is 0.378 e. The van der Waals surface area contributed by atoms with E-state index in [1.807, 2.05) is 35.2 Å². The standard InChI is InChI=1S/C22H24N6O4S/c1-2-6-16-9-10-18(15-19(16)33(29,30)31)24-21-25-20(23-17-7-4-3-5-8-17)26-22(27-21)28-11-13-32-14-12-28/h2-10,15H,11-14H2,1H3,(H,29,30,31)(H2,23,24,25,26,27)/b6-2+. The van der Waals surface area contributed by atoms with Crippen molar-refractivity contribution in [3.8, 4) is 0 Å². The summed E-state index contributed by atoms with van der Waals surface area (Å²) in [6, 6.07) is 14.1. The van der Waals surface area contributed by atoms with Crippen LogP contribution in [-0.2, 0) is 14.9 Å². The van der Waals surface area contributed by atoms with Gasteiger partial charge in [0.25, 0.3) is 10.1 Å². The first kappa shape index (κ1) is 22.6. The predicted octanol–water partition coefficient (Wildman–Crippen LogP) is 3.48. The third kappa shape index (κ3) is 5.83. The molecule has 11 heteroatoms. The summed E-state index contributed by atoms with van der Waals surface area (Å²) in [5.41, 5.74) is 1.59. The van der Waals surface area contributed by atoms with Gasteiger partial charge in [-0.15, -0.1) is 0 Å². The Hall–Kier alpha value is -3.54. The Bertz CT molecular complexity index is 1240. The van der Waals surface area contributed by atoms with Gasteiger partial charge in [0.2, 0.25) is 17.8 Å². The van der Waals surface area contributed by atoms with Gasteiger partial charge in [-0.3, -0.25) is 4.55 Å². The van der Waals surface area contributed by atoms with Crippen LogP contribution >= 0.6 is 0 Å². The van der Waals surface area contributed by atoms with E-state index in [0.29, 0.717) is 49.5 Å². The van der Waals surface area contributed by atoms with E-state index in [2.05, 4.69) is 25.6 Å². The van der Waals surface area contributed by atoms with Crippen LogP contribution in [0.3, 0.4) is 0 Å². The molecule has 2 heterocycles. The Morgan fingerprint density at radius 3 is 2.27 bits per heavy atom. The highest BCUT2D eigenvalue weighted by molar-refractivity contribution is 7.86. The van der Waals surface area contributed by atoms with Crippen LogP contribution in [0.2, 0.25) is 0 Å². The van der Waals surface area contributed by atoms with E-state index in [0.717, 1.165) is 5.69 Å². The van der Waals surface area contributed by atoms with Crippen molar-refractivity contribution in [1.29, 1.82) is 0 Å². The van der Waals surface area contributed by atoms with Crippen molar-refractivity contribution in [2.75, 3.05) is 41.8 Å². The van der Waals surface area contributed by atoms with Crippen LogP contribution in [0.1, 0.15) is 12.5 Å². The van der Waals surface area contributed by atoms with Crippen LogP contribution in [0.5, 0.6) is 0 Å². The lowest BCUT2D eigenvalue weighted by Gasteiger charge is -2.27. The fraction of sp³-hybridized carbons (Fsp3) is 0.227. The van der Waals surface area contributed by atoms with E-state index in [1.54, 1.807) is 31.2 Å². The summed E-state index contributed by atoms with van der Waals surface area (Å²) in [6.07, 6.45) is 3.30. The quantitative estimate of drug-likeness (QED) is 0.443. The molecule has 0 bridgehead atoms. The van der Waals surface area contributed by atoms with Crippen molar-refractivity contribution in [1.82, 2.24) is 15.0 Å². The molecule has 0 radical (unpaired) electrons. The summed E-state index contributed by atoms with van der Waals surface area (Å²) in [7, 11) is -4.42. The second-order valence-corrected chi connectivity index (χ2v) is 8.62. The molecule has 0 saturated carbocycles. The van der Waals surface area contributed by atoms with Crippen LogP contribution in [0, 0.1) is 0 Å². The Morgan fingerprint density at radius 1 is 0.970 bits per heavy atom. The molecule has 0 atom stereocenters. The van der Waals surface area contributed by atoms with Gasteiger partial charge in [-0.05, 0) is 36.8 Å². The maximum atomic E-state index is 11.9. The first-order valence-corrected chi connectivity index (χ1v) is 11.8. The Labute approximate surface area is 192 Å². The molecule has 10 nitrogen and oxygen atoms in total. The second-order valence-electron chi connectivity index (χ2n) is 7.23. The number of nitrogens with one attached hydrogen (secondary N) is 2. The SMILES string of the molecule is C/C=C/c1ccc(Nc2nc(Nc3ccccc3)nc(N3CCOCC3)n2)cc1S(=O)(=O)O. The van der Waals surface area contributed by atoms with Crippen molar-refractivity contribution >= 4 is 45.4 Å². The van der Waals surface area contributed by atoms with Gasteiger partial charge in [0.1, 0.15) is 4.90 Å². The molecule has 1 fully saturated rings. The van der Waals surface area contributed by atoms with Crippen molar-refractivity contribution < 1.29 is 17.7 Å². The normalized spacial score (nSPS) is 14.4. The van der Waals surface area contributed by atoms with Crippen molar-refractivity contribution in [2.45, 2.75) is 11.8 Å². The maximum Gasteiger partial charge on any atom is 0.295 e. The van der Waals surface area contributed by atoms with Crippen molar-refractivity contribution in [3.63, 3.8) is 0 Å². The summed E-state index contributed by atoms with van der Waals surface area (Å²) < 4.78 is 38.8. The number of ether oxygens (including phenoxy) is 1. The number of allylic oxidation sites excluding steroid dienone is 1. The first-order valence-electron chi connectivity index (χ1n) is 10.3. The summed E-state index contributed by atoms with van der Waals surface area (Å²) in [6.45, 7) is 4.18. The summed E-state index contributed by atoms with van der Waals surface area (Å²) in [4.78, 5) is 15.3. The fourth-order valence-electron chi connectivity index (χ4n) is 3.31. The molecule has 1 aliphatic rings. The molecule has 1 aliphatic heterocycles. The number of aromatic nitrogens is 3. The highest BCUT2D eigenvalue weighted by Gasteiger charge is 2.18. The highest BCUT2D eigenvalue weighted by atomic mass is 32.2. The van der Waals surface area contributed by atoms with E-state index in [9.17, 15) is 13.0 Å². The maximum absolute atomic E-state index is 11.9. The van der Waals surface area contributed by atoms with Gasteiger partial charge in [0.15, 0.2) is 0 Å². The Balaban J connectivity index is 1.69. The third-order valence-corrected chi connectivity index (χ3v) is 5.75. The topological polar surface area (TPSA) is 130 Å². The lowest BCUT2D eigenvalue weighted by Crippen LogP contribution is -2.37. The van der Waals surface area contributed by atoms with E-state index in [4.69, 9.17) is 4.74 Å². The molecule has 172 valence electrons. The molecule has 2 aromatic carbocycles. The van der Waals surface area contributed by atoms with E-state index in [1.165, 1.54) is 6.07 Å². The smallest absolute Gasteiger partial charge is 0.295 e. The molecule has 3 N–H and O–H groups in total. The highest BCUT2D eigenvalue weighted by Crippen LogP contribution is 2.25. The van der Waals surface area contributed by atoms with Gasteiger partial charge < -0.3 is 20.3 Å². The van der Waals surface area contributed by atoms with Gasteiger partial charge >= 0.3 is 0 Å². The minimum Gasteiger partial charge on any atom is -0.378 e. The number of nitrogens with zero attached hydrogens (tertiary/aromatic N) is 4. The minimum atomic E-state index is -4.42.